The fourth-order valence-corrected chi connectivity index (χ4v) is 2.08. The third-order valence-electron chi connectivity index (χ3n) is 2.74. The smallest absolute Gasteiger partial charge is 0.225 e. The Kier molecular flexibility index (Phi) is 3.16. The van der Waals surface area contributed by atoms with Gasteiger partial charge < -0.3 is 9.80 Å². The van der Waals surface area contributed by atoms with Crippen molar-refractivity contribution < 1.29 is 0 Å². The van der Waals surface area contributed by atoms with Gasteiger partial charge in [0.15, 0.2) is 0 Å². The summed E-state index contributed by atoms with van der Waals surface area (Å²) >= 11 is 0. The van der Waals surface area contributed by atoms with E-state index in [1.165, 1.54) is 0 Å². The van der Waals surface area contributed by atoms with Gasteiger partial charge in [0.1, 0.15) is 0 Å². The van der Waals surface area contributed by atoms with Crippen LogP contribution in [0.5, 0.6) is 0 Å². The lowest BCUT2D eigenvalue weighted by atomic mass is 10.2. The van der Waals surface area contributed by atoms with Crippen molar-refractivity contribution in [1.29, 1.82) is 0 Å². The SMILES string of the molecule is CC1CN(C)CCN(c2ncccn2)C1. The lowest BCUT2D eigenvalue weighted by molar-refractivity contribution is 0.321. The number of hydrogen-bond acceptors (Lipinski definition) is 4. The molecule has 2 rings (SSSR count). The van der Waals surface area contributed by atoms with Gasteiger partial charge in [0.2, 0.25) is 5.95 Å². The molecule has 1 aliphatic heterocycles. The molecular weight excluding hydrogens is 188 g/mol. The lowest BCUT2D eigenvalue weighted by Crippen LogP contribution is -2.30. The number of anilines is 1. The zero-order chi connectivity index (χ0) is 10.7. The Morgan fingerprint density at radius 3 is 2.67 bits per heavy atom. The largest absolute Gasteiger partial charge is 0.339 e. The number of aromatic nitrogens is 2. The Morgan fingerprint density at radius 2 is 1.93 bits per heavy atom. The van der Waals surface area contributed by atoms with Crippen LogP contribution >= 0.6 is 0 Å². The van der Waals surface area contributed by atoms with Crippen LogP contribution in [0.15, 0.2) is 18.5 Å². The highest BCUT2D eigenvalue weighted by Crippen LogP contribution is 2.12. The van der Waals surface area contributed by atoms with Crippen LogP contribution in [0, 0.1) is 5.92 Å². The van der Waals surface area contributed by atoms with Crippen LogP contribution in [0.1, 0.15) is 6.92 Å². The number of rotatable bonds is 1. The van der Waals surface area contributed by atoms with Crippen molar-refractivity contribution in [2.75, 3.05) is 38.1 Å². The zero-order valence-electron chi connectivity index (χ0n) is 9.43. The first-order valence-electron chi connectivity index (χ1n) is 5.46. The molecule has 0 bridgehead atoms. The number of likely N-dealkylation sites (N-methyl/N-ethyl adjacent to an activating group) is 1. The maximum Gasteiger partial charge on any atom is 0.225 e. The molecule has 15 heavy (non-hydrogen) atoms. The minimum atomic E-state index is 0.668. The lowest BCUT2D eigenvalue weighted by Gasteiger charge is -2.21. The van der Waals surface area contributed by atoms with Crippen LogP contribution in [-0.2, 0) is 0 Å². The average Bonchev–Trinajstić information content (AvgIpc) is 2.41. The highest BCUT2D eigenvalue weighted by atomic mass is 15.3. The molecule has 2 heterocycles. The molecule has 1 aromatic heterocycles. The van der Waals surface area contributed by atoms with Gasteiger partial charge in [0.25, 0.3) is 0 Å². The summed E-state index contributed by atoms with van der Waals surface area (Å²) in [4.78, 5) is 13.2. The summed E-state index contributed by atoms with van der Waals surface area (Å²) in [7, 11) is 2.17. The second-order valence-electron chi connectivity index (χ2n) is 4.36. The predicted molar refractivity (Wildman–Crippen MR) is 60.9 cm³/mol. The van der Waals surface area contributed by atoms with Crippen LogP contribution < -0.4 is 4.90 Å². The van der Waals surface area contributed by atoms with Gasteiger partial charge in [0, 0.05) is 38.6 Å². The van der Waals surface area contributed by atoms with Crippen LogP contribution in [0.4, 0.5) is 5.95 Å². The molecule has 1 unspecified atom stereocenters. The van der Waals surface area contributed by atoms with E-state index in [0.717, 1.165) is 32.1 Å². The standard InChI is InChI=1S/C11H18N4/c1-10-8-14(2)6-7-15(9-10)11-12-4-3-5-13-11/h3-5,10H,6-9H2,1-2H3. The van der Waals surface area contributed by atoms with E-state index >= 15 is 0 Å². The van der Waals surface area contributed by atoms with Crippen LogP contribution in [-0.4, -0.2) is 48.1 Å². The molecule has 1 aliphatic rings. The van der Waals surface area contributed by atoms with E-state index in [9.17, 15) is 0 Å². The molecular formula is C11H18N4. The molecule has 0 saturated carbocycles. The van der Waals surface area contributed by atoms with Crippen LogP contribution in [0.3, 0.4) is 0 Å². The quantitative estimate of drug-likeness (QED) is 0.682. The molecule has 0 amide bonds. The van der Waals surface area contributed by atoms with Crippen molar-refractivity contribution in [2.45, 2.75) is 6.92 Å². The Hall–Kier alpha value is -1.16. The molecule has 0 aliphatic carbocycles. The Bertz CT molecular complexity index is 301. The van der Waals surface area contributed by atoms with Gasteiger partial charge in [0.05, 0.1) is 0 Å². The van der Waals surface area contributed by atoms with E-state index in [0.29, 0.717) is 5.92 Å². The van der Waals surface area contributed by atoms with Gasteiger partial charge >= 0.3 is 0 Å². The van der Waals surface area contributed by atoms with E-state index in [4.69, 9.17) is 0 Å². The van der Waals surface area contributed by atoms with Gasteiger partial charge in [-0.1, -0.05) is 6.92 Å². The fourth-order valence-electron chi connectivity index (χ4n) is 2.08. The third kappa shape index (κ3) is 2.65. The molecule has 4 nitrogen and oxygen atoms in total. The normalized spacial score (nSPS) is 23.9. The first-order chi connectivity index (χ1) is 7.25. The number of hydrogen-bond donors (Lipinski definition) is 0. The van der Waals surface area contributed by atoms with Gasteiger partial charge in [-0.05, 0) is 19.0 Å². The Balaban J connectivity index is 2.09. The van der Waals surface area contributed by atoms with Crippen LogP contribution in [0.25, 0.3) is 0 Å². The minimum absolute atomic E-state index is 0.668. The van der Waals surface area contributed by atoms with Crippen molar-refractivity contribution in [3.8, 4) is 0 Å². The highest BCUT2D eigenvalue weighted by molar-refractivity contribution is 5.28. The predicted octanol–water partition coefficient (Wildman–Crippen LogP) is 0.864. The maximum absolute atomic E-state index is 4.30. The fraction of sp³-hybridized carbons (Fsp3) is 0.636. The van der Waals surface area contributed by atoms with Crippen molar-refractivity contribution >= 4 is 5.95 Å². The summed E-state index contributed by atoms with van der Waals surface area (Å²) in [5.41, 5.74) is 0. The highest BCUT2D eigenvalue weighted by Gasteiger charge is 2.18. The summed E-state index contributed by atoms with van der Waals surface area (Å²) in [6.07, 6.45) is 3.61. The summed E-state index contributed by atoms with van der Waals surface area (Å²) < 4.78 is 0. The van der Waals surface area contributed by atoms with E-state index in [1.54, 1.807) is 0 Å². The third-order valence-corrected chi connectivity index (χ3v) is 2.74. The zero-order valence-corrected chi connectivity index (χ0v) is 9.43. The molecule has 1 fully saturated rings. The molecule has 82 valence electrons. The topological polar surface area (TPSA) is 32.3 Å². The molecule has 1 aromatic rings. The molecule has 0 radical (unpaired) electrons. The van der Waals surface area contributed by atoms with E-state index < -0.39 is 0 Å². The second-order valence-corrected chi connectivity index (χ2v) is 4.36. The molecule has 4 heteroatoms. The van der Waals surface area contributed by atoms with Crippen molar-refractivity contribution in [3.05, 3.63) is 18.5 Å². The molecule has 0 N–H and O–H groups in total. The van der Waals surface area contributed by atoms with E-state index in [1.807, 2.05) is 18.5 Å². The first kappa shape index (κ1) is 10.4. The summed E-state index contributed by atoms with van der Waals surface area (Å²) in [6, 6.07) is 1.86. The van der Waals surface area contributed by atoms with Crippen molar-refractivity contribution in [1.82, 2.24) is 14.9 Å². The summed E-state index contributed by atoms with van der Waals surface area (Å²) in [5.74, 6) is 1.53. The molecule has 1 atom stereocenters. The van der Waals surface area contributed by atoms with Crippen LogP contribution in [0.2, 0.25) is 0 Å². The monoisotopic (exact) mass is 206 g/mol. The van der Waals surface area contributed by atoms with Gasteiger partial charge in [-0.15, -0.1) is 0 Å². The van der Waals surface area contributed by atoms with E-state index in [-0.39, 0.29) is 0 Å². The Labute approximate surface area is 90.9 Å². The molecule has 0 aromatic carbocycles. The average molecular weight is 206 g/mol. The van der Waals surface area contributed by atoms with Gasteiger partial charge in [-0.25, -0.2) is 9.97 Å². The van der Waals surface area contributed by atoms with Crippen molar-refractivity contribution in [3.63, 3.8) is 0 Å². The maximum atomic E-state index is 4.30. The first-order valence-corrected chi connectivity index (χ1v) is 5.46. The van der Waals surface area contributed by atoms with E-state index in [2.05, 4.69) is 33.7 Å². The Morgan fingerprint density at radius 1 is 1.20 bits per heavy atom. The molecule has 0 spiro atoms. The van der Waals surface area contributed by atoms with Gasteiger partial charge in [-0.3, -0.25) is 0 Å². The molecule has 1 saturated heterocycles. The second kappa shape index (κ2) is 4.57. The summed E-state index contributed by atoms with van der Waals surface area (Å²) in [5, 5.41) is 0. The summed E-state index contributed by atoms with van der Waals surface area (Å²) in [6.45, 7) is 6.59. The number of nitrogens with zero attached hydrogens (tertiary/aromatic N) is 4. The van der Waals surface area contributed by atoms with Gasteiger partial charge in [-0.2, -0.15) is 0 Å². The minimum Gasteiger partial charge on any atom is -0.339 e. The van der Waals surface area contributed by atoms with Crippen molar-refractivity contribution in [2.24, 2.45) is 5.92 Å².